The fourth-order valence-corrected chi connectivity index (χ4v) is 9.34. The van der Waals surface area contributed by atoms with Crippen molar-refractivity contribution in [3.63, 3.8) is 0 Å². The lowest BCUT2D eigenvalue weighted by Gasteiger charge is -2.40. The van der Waals surface area contributed by atoms with Gasteiger partial charge in [0.05, 0.1) is 10.9 Å². The molecule has 2 saturated heterocycles. The van der Waals surface area contributed by atoms with Gasteiger partial charge in [0.1, 0.15) is 4.21 Å². The molecule has 6 rings (SSSR count). The van der Waals surface area contributed by atoms with Crippen LogP contribution in [0.3, 0.4) is 0 Å². The largest absolute Gasteiger partial charge is 0.343 e. The summed E-state index contributed by atoms with van der Waals surface area (Å²) in [6.07, 6.45) is 6.98. The van der Waals surface area contributed by atoms with E-state index in [1.807, 2.05) is 12.1 Å². The van der Waals surface area contributed by atoms with Gasteiger partial charge in [-0.3, -0.25) is 14.6 Å². The van der Waals surface area contributed by atoms with Crippen LogP contribution in [-0.4, -0.2) is 83.1 Å². The molecule has 13 heteroatoms. The van der Waals surface area contributed by atoms with Crippen LogP contribution in [0.4, 0.5) is 0 Å². The van der Waals surface area contributed by atoms with E-state index in [4.69, 9.17) is 11.6 Å². The molecule has 0 radical (unpaired) electrons. The van der Waals surface area contributed by atoms with Crippen LogP contribution in [0.2, 0.25) is 5.02 Å². The molecule has 1 aromatic carbocycles. The van der Waals surface area contributed by atoms with Gasteiger partial charge in [0.25, 0.3) is 15.9 Å². The number of piperazine rings is 1. The van der Waals surface area contributed by atoms with E-state index < -0.39 is 16.1 Å². The predicted molar refractivity (Wildman–Crippen MR) is 156 cm³/mol. The van der Waals surface area contributed by atoms with E-state index in [1.165, 1.54) is 27.0 Å². The topological polar surface area (TPSA) is 104 Å². The molecule has 2 amide bonds. The normalized spacial score (nSPS) is 18.5. The van der Waals surface area contributed by atoms with Crippen molar-refractivity contribution in [2.45, 2.75) is 29.5 Å². The number of sulfonamides is 1. The molecule has 5 heterocycles. The van der Waals surface area contributed by atoms with Crippen LogP contribution >= 0.6 is 34.3 Å². The highest BCUT2D eigenvalue weighted by Crippen LogP contribution is 2.34. The zero-order valence-electron chi connectivity index (χ0n) is 21.4. The van der Waals surface area contributed by atoms with Gasteiger partial charge in [-0.2, -0.15) is 4.31 Å². The molecule has 9 nitrogen and oxygen atoms in total. The second-order valence-electron chi connectivity index (χ2n) is 9.82. The Morgan fingerprint density at radius 1 is 1.00 bits per heavy atom. The monoisotopic (exact) mass is 615 g/mol. The van der Waals surface area contributed by atoms with E-state index >= 15 is 0 Å². The predicted octanol–water partition coefficient (Wildman–Crippen LogP) is 4.60. The summed E-state index contributed by atoms with van der Waals surface area (Å²) in [6.45, 7) is 1.70. The Morgan fingerprint density at radius 2 is 1.77 bits per heavy atom. The molecule has 1 unspecified atom stereocenters. The van der Waals surface area contributed by atoms with Crippen molar-refractivity contribution in [3.8, 4) is 10.4 Å². The second kappa shape index (κ2) is 11.2. The smallest absolute Gasteiger partial charge is 0.283 e. The van der Waals surface area contributed by atoms with Crippen LogP contribution in [0.15, 0.2) is 59.2 Å². The Hall–Kier alpha value is -2.90. The first-order valence-corrected chi connectivity index (χ1v) is 16.4. The highest BCUT2D eigenvalue weighted by Gasteiger charge is 2.39. The molecule has 3 aromatic heterocycles. The molecule has 2 aliphatic rings. The molecule has 0 bridgehead atoms. The van der Waals surface area contributed by atoms with Gasteiger partial charge in [0.15, 0.2) is 5.01 Å². The zero-order chi connectivity index (χ0) is 27.9. The summed E-state index contributed by atoms with van der Waals surface area (Å²) in [7, 11) is -3.84. The fourth-order valence-electron chi connectivity index (χ4n) is 5.16. The summed E-state index contributed by atoms with van der Waals surface area (Å²) in [6, 6.07) is 10.0. The number of thiazole rings is 1. The van der Waals surface area contributed by atoms with Gasteiger partial charge < -0.3 is 9.80 Å². The van der Waals surface area contributed by atoms with E-state index in [-0.39, 0.29) is 42.1 Å². The molecule has 2 fully saturated rings. The molecule has 208 valence electrons. The number of halogens is 1. The van der Waals surface area contributed by atoms with Crippen molar-refractivity contribution in [3.05, 3.63) is 65.0 Å². The first-order valence-electron chi connectivity index (χ1n) is 12.9. The van der Waals surface area contributed by atoms with E-state index in [2.05, 4.69) is 9.97 Å². The molecule has 0 aliphatic carbocycles. The molecular formula is C27H26ClN5O4S3. The number of hydrogen-bond donors (Lipinski definition) is 0. The van der Waals surface area contributed by atoms with Crippen LogP contribution in [0.5, 0.6) is 0 Å². The number of hydrogen-bond acceptors (Lipinski definition) is 8. The van der Waals surface area contributed by atoms with E-state index in [9.17, 15) is 18.0 Å². The molecule has 0 spiro atoms. The summed E-state index contributed by atoms with van der Waals surface area (Å²) in [4.78, 5) is 39.5. The molecule has 1 atom stereocenters. The molecule has 2 aliphatic heterocycles. The lowest BCUT2D eigenvalue weighted by Crippen LogP contribution is -2.57. The maximum Gasteiger partial charge on any atom is 0.283 e. The summed E-state index contributed by atoms with van der Waals surface area (Å²) < 4.78 is 29.9. The van der Waals surface area contributed by atoms with Gasteiger partial charge >= 0.3 is 0 Å². The van der Waals surface area contributed by atoms with Crippen molar-refractivity contribution in [1.29, 1.82) is 0 Å². The fraction of sp³-hybridized carbons (Fsp3) is 0.333. The number of aromatic nitrogens is 2. The highest BCUT2D eigenvalue weighted by molar-refractivity contribution is 7.91. The van der Waals surface area contributed by atoms with Gasteiger partial charge in [0.2, 0.25) is 5.91 Å². The first-order chi connectivity index (χ1) is 19.3. The van der Waals surface area contributed by atoms with Crippen molar-refractivity contribution in [1.82, 2.24) is 24.1 Å². The van der Waals surface area contributed by atoms with Crippen molar-refractivity contribution in [2.75, 3.05) is 32.7 Å². The molecule has 4 aromatic rings. The minimum absolute atomic E-state index is 0.0330. The number of fused-ring (bicyclic) bond motifs is 1. The summed E-state index contributed by atoms with van der Waals surface area (Å²) in [5.74, 6) is -0.356. The number of likely N-dealkylation sites (tertiary alicyclic amines) is 1. The van der Waals surface area contributed by atoms with Crippen LogP contribution in [-0.2, 0) is 14.8 Å². The van der Waals surface area contributed by atoms with Crippen LogP contribution in [0, 0.1) is 0 Å². The number of carbonyl (C=O) groups excluding carboxylic acids is 2. The summed E-state index contributed by atoms with van der Waals surface area (Å²) >= 11 is 8.56. The average Bonchev–Trinajstić information content (AvgIpc) is 3.74. The molecule has 0 N–H and O–H groups in total. The number of rotatable bonds is 6. The number of carbonyl (C=O) groups is 2. The Morgan fingerprint density at radius 3 is 2.55 bits per heavy atom. The van der Waals surface area contributed by atoms with Gasteiger partial charge in [-0.15, -0.1) is 22.7 Å². The second-order valence-corrected chi connectivity index (χ2v) is 14.5. The van der Waals surface area contributed by atoms with E-state index in [1.54, 1.807) is 52.7 Å². The maximum absolute atomic E-state index is 13.7. The minimum atomic E-state index is -3.84. The van der Waals surface area contributed by atoms with Crippen molar-refractivity contribution >= 4 is 66.2 Å². The third-order valence-corrected chi connectivity index (χ3v) is 12.0. The maximum atomic E-state index is 13.7. The molecular weight excluding hydrogens is 590 g/mol. The number of thiophene rings is 1. The third-order valence-electron chi connectivity index (χ3n) is 7.28. The number of amides is 2. The number of pyridine rings is 1. The van der Waals surface area contributed by atoms with E-state index in [0.717, 1.165) is 33.4 Å². The summed E-state index contributed by atoms with van der Waals surface area (Å²) in [5.41, 5.74) is 0.910. The average molecular weight is 616 g/mol. The lowest BCUT2D eigenvalue weighted by molar-refractivity contribution is -0.131. The van der Waals surface area contributed by atoms with Crippen LogP contribution < -0.4 is 0 Å². The Labute approximate surface area is 245 Å². The van der Waals surface area contributed by atoms with Crippen molar-refractivity contribution < 1.29 is 18.0 Å². The zero-order valence-corrected chi connectivity index (χ0v) is 24.6. The minimum Gasteiger partial charge on any atom is -0.343 e. The van der Waals surface area contributed by atoms with Crippen LogP contribution in [0.1, 0.15) is 29.1 Å². The lowest BCUT2D eigenvalue weighted by atomic mass is 10.1. The van der Waals surface area contributed by atoms with E-state index in [0.29, 0.717) is 23.1 Å². The Kier molecular flexibility index (Phi) is 7.62. The Balaban J connectivity index is 1.26. The van der Waals surface area contributed by atoms with Gasteiger partial charge in [-0.25, -0.2) is 13.4 Å². The summed E-state index contributed by atoms with van der Waals surface area (Å²) in [5, 5.41) is 1.65. The first kappa shape index (κ1) is 27.3. The SMILES string of the molecule is O=C(CC1CN(S(=O)(=O)c2cc3ccc(Cl)cc3s2)CCN1C(=O)c1ncc(-c2ccncc2)s1)N1CCCC1. The molecule has 0 saturated carbocycles. The van der Waals surface area contributed by atoms with Crippen molar-refractivity contribution in [2.24, 2.45) is 0 Å². The van der Waals surface area contributed by atoms with Gasteiger partial charge in [-0.1, -0.05) is 17.7 Å². The number of nitrogens with zero attached hydrogens (tertiary/aromatic N) is 5. The van der Waals surface area contributed by atoms with Gasteiger partial charge in [-0.05, 0) is 54.1 Å². The highest BCUT2D eigenvalue weighted by atomic mass is 35.5. The van der Waals surface area contributed by atoms with Gasteiger partial charge in [0, 0.05) is 67.5 Å². The quantitative estimate of drug-likeness (QED) is 0.314. The Bertz CT molecular complexity index is 1670. The molecule has 40 heavy (non-hydrogen) atoms. The number of benzene rings is 1. The standard InChI is InChI=1S/C27H26ClN5O4S3/c28-20-4-3-19-13-25(38-22(19)14-20)40(36,37)32-11-12-33(21(17-32)15-24(34)31-9-1-2-10-31)27(35)26-30-16-23(39-26)18-5-7-29-8-6-18/h3-8,13-14,16,21H,1-2,9-12,15,17H2. The van der Waals surface area contributed by atoms with Crippen LogP contribution in [0.25, 0.3) is 20.5 Å². The third kappa shape index (κ3) is 5.38.